The highest BCUT2D eigenvalue weighted by Gasteiger charge is 2.09. The maximum atomic E-state index is 4.75. The van der Waals surface area contributed by atoms with Gasteiger partial charge in [0.2, 0.25) is 0 Å². The molecule has 0 radical (unpaired) electrons. The summed E-state index contributed by atoms with van der Waals surface area (Å²) >= 11 is 3.53. The molecule has 0 aliphatic rings. The quantitative estimate of drug-likeness (QED) is 0.735. The highest BCUT2D eigenvalue weighted by atomic mass is 79.9. The molecule has 1 N–H and O–H groups in total. The van der Waals surface area contributed by atoms with Gasteiger partial charge in [0, 0.05) is 28.5 Å². The van der Waals surface area contributed by atoms with Crippen LogP contribution in [-0.2, 0) is 0 Å². The molecule has 3 rings (SSSR count). The number of anilines is 1. The van der Waals surface area contributed by atoms with Crippen LogP contribution in [0.4, 0.5) is 5.82 Å². The molecule has 1 heterocycles. The van der Waals surface area contributed by atoms with Gasteiger partial charge in [0.15, 0.2) is 5.82 Å². The van der Waals surface area contributed by atoms with Crippen molar-refractivity contribution in [1.29, 1.82) is 0 Å². The van der Waals surface area contributed by atoms with Crippen molar-refractivity contribution in [3.05, 3.63) is 53.0 Å². The van der Waals surface area contributed by atoms with Gasteiger partial charge in [-0.15, -0.1) is 0 Å². The molecule has 118 valence electrons. The third-order valence-corrected chi connectivity index (χ3v) is 4.03. The highest BCUT2D eigenvalue weighted by molar-refractivity contribution is 9.10. The van der Waals surface area contributed by atoms with Crippen LogP contribution in [-0.4, -0.2) is 42.1 Å². The van der Waals surface area contributed by atoms with Gasteiger partial charge < -0.3 is 10.2 Å². The Morgan fingerprint density at radius 2 is 1.83 bits per heavy atom. The smallest absolute Gasteiger partial charge is 0.162 e. The van der Waals surface area contributed by atoms with E-state index in [1.165, 1.54) is 0 Å². The molecular weight excluding hydrogens is 352 g/mol. The molecule has 23 heavy (non-hydrogen) atoms. The third-order valence-electron chi connectivity index (χ3n) is 3.54. The lowest BCUT2D eigenvalue weighted by Crippen LogP contribution is -2.21. The van der Waals surface area contributed by atoms with Gasteiger partial charge in [-0.05, 0) is 32.3 Å². The first-order chi connectivity index (χ1) is 11.1. The fourth-order valence-corrected chi connectivity index (χ4v) is 2.71. The van der Waals surface area contributed by atoms with E-state index in [1.807, 2.05) is 42.5 Å². The summed E-state index contributed by atoms with van der Waals surface area (Å²) in [4.78, 5) is 11.6. The summed E-state index contributed by atoms with van der Waals surface area (Å²) in [7, 11) is 4.12. The lowest BCUT2D eigenvalue weighted by Gasteiger charge is -2.13. The van der Waals surface area contributed by atoms with Crippen LogP contribution in [0.15, 0.2) is 53.0 Å². The second-order valence-corrected chi connectivity index (χ2v) is 6.57. The van der Waals surface area contributed by atoms with E-state index in [0.29, 0.717) is 0 Å². The van der Waals surface area contributed by atoms with E-state index < -0.39 is 0 Å². The minimum Gasteiger partial charge on any atom is -0.368 e. The second kappa shape index (κ2) is 7.06. The van der Waals surface area contributed by atoms with Crippen LogP contribution in [0, 0.1) is 0 Å². The van der Waals surface area contributed by atoms with E-state index in [1.54, 1.807) is 0 Å². The zero-order chi connectivity index (χ0) is 16.2. The van der Waals surface area contributed by atoms with Crippen LogP contribution in [0.25, 0.3) is 22.3 Å². The molecule has 0 saturated carbocycles. The predicted molar refractivity (Wildman–Crippen MR) is 99.7 cm³/mol. The molecule has 4 nitrogen and oxygen atoms in total. The molecule has 0 unspecified atom stereocenters. The van der Waals surface area contributed by atoms with Crippen molar-refractivity contribution in [2.75, 3.05) is 32.5 Å². The minimum atomic E-state index is 0.743. The molecule has 5 heteroatoms. The first kappa shape index (κ1) is 15.9. The summed E-state index contributed by atoms with van der Waals surface area (Å²) in [5, 5.41) is 4.47. The molecule has 3 aromatic rings. The second-order valence-electron chi connectivity index (χ2n) is 5.65. The summed E-state index contributed by atoms with van der Waals surface area (Å²) in [6, 6.07) is 16.2. The van der Waals surface area contributed by atoms with Crippen LogP contribution < -0.4 is 5.32 Å². The average molecular weight is 371 g/mol. The number of nitrogens with zero attached hydrogens (tertiary/aromatic N) is 3. The number of fused-ring (bicyclic) bond motifs is 1. The summed E-state index contributed by atoms with van der Waals surface area (Å²) < 4.78 is 1.02. The number of aromatic nitrogens is 2. The van der Waals surface area contributed by atoms with Crippen molar-refractivity contribution in [1.82, 2.24) is 14.9 Å². The van der Waals surface area contributed by atoms with Crippen molar-refractivity contribution < 1.29 is 0 Å². The Morgan fingerprint density at radius 1 is 1.04 bits per heavy atom. The Balaban J connectivity index is 2.04. The maximum absolute atomic E-state index is 4.75. The number of nitrogens with one attached hydrogen (secondary N) is 1. The molecule has 0 aliphatic carbocycles. The van der Waals surface area contributed by atoms with E-state index in [9.17, 15) is 0 Å². The summed E-state index contributed by atoms with van der Waals surface area (Å²) in [6.07, 6.45) is 0. The lowest BCUT2D eigenvalue weighted by molar-refractivity contribution is 0.425. The number of likely N-dealkylation sites (N-methyl/N-ethyl adjacent to an activating group) is 1. The van der Waals surface area contributed by atoms with E-state index in [2.05, 4.69) is 46.3 Å². The first-order valence-corrected chi connectivity index (χ1v) is 8.34. The Bertz CT molecular complexity index is 803. The molecule has 0 aliphatic heterocycles. The molecule has 0 spiro atoms. The Hall–Kier alpha value is -1.98. The van der Waals surface area contributed by atoms with E-state index in [4.69, 9.17) is 9.97 Å². The van der Waals surface area contributed by atoms with Crippen molar-refractivity contribution in [2.24, 2.45) is 0 Å². The van der Waals surface area contributed by atoms with Gasteiger partial charge in [0.1, 0.15) is 5.82 Å². The number of halogens is 1. The van der Waals surface area contributed by atoms with Gasteiger partial charge in [-0.1, -0.05) is 46.3 Å². The summed E-state index contributed by atoms with van der Waals surface area (Å²) in [5.41, 5.74) is 1.96. The molecule has 0 saturated heterocycles. The molecule has 0 amide bonds. The molecule has 0 atom stereocenters. The van der Waals surface area contributed by atoms with E-state index >= 15 is 0 Å². The van der Waals surface area contributed by atoms with Gasteiger partial charge in [-0.3, -0.25) is 0 Å². The summed E-state index contributed by atoms with van der Waals surface area (Å²) in [5.74, 6) is 1.62. The van der Waals surface area contributed by atoms with Gasteiger partial charge >= 0.3 is 0 Å². The normalized spacial score (nSPS) is 11.1. The zero-order valence-electron chi connectivity index (χ0n) is 13.3. The lowest BCUT2D eigenvalue weighted by atomic mass is 10.2. The van der Waals surface area contributed by atoms with Crippen molar-refractivity contribution in [3.63, 3.8) is 0 Å². The molecule has 0 bridgehead atoms. The van der Waals surface area contributed by atoms with Gasteiger partial charge in [0.05, 0.1) is 5.52 Å². The third kappa shape index (κ3) is 3.86. The standard InChI is InChI=1S/C18H19BrN4/c1-23(2)11-10-20-18-15-12-14(19)8-9-16(15)21-17(22-18)13-6-4-3-5-7-13/h3-9,12H,10-11H2,1-2H3,(H,20,21,22). The largest absolute Gasteiger partial charge is 0.368 e. The first-order valence-electron chi connectivity index (χ1n) is 7.55. The topological polar surface area (TPSA) is 41.0 Å². The van der Waals surface area contributed by atoms with Crippen LogP contribution in [0.1, 0.15) is 0 Å². The molecule has 2 aromatic carbocycles. The SMILES string of the molecule is CN(C)CCNc1nc(-c2ccccc2)nc2ccc(Br)cc12. The number of rotatable bonds is 5. The molecule has 1 aromatic heterocycles. The minimum absolute atomic E-state index is 0.743. The van der Waals surface area contributed by atoms with Crippen molar-refractivity contribution in [2.45, 2.75) is 0 Å². The Kier molecular flexibility index (Phi) is 4.88. The number of hydrogen-bond acceptors (Lipinski definition) is 4. The fourth-order valence-electron chi connectivity index (χ4n) is 2.35. The van der Waals surface area contributed by atoms with Crippen molar-refractivity contribution in [3.8, 4) is 11.4 Å². The number of benzene rings is 2. The maximum Gasteiger partial charge on any atom is 0.162 e. The van der Waals surface area contributed by atoms with E-state index in [0.717, 1.165) is 45.7 Å². The monoisotopic (exact) mass is 370 g/mol. The summed E-state index contributed by atoms with van der Waals surface area (Å²) in [6.45, 7) is 1.78. The predicted octanol–water partition coefficient (Wildman–Crippen LogP) is 4.03. The van der Waals surface area contributed by atoms with Crippen LogP contribution >= 0.6 is 15.9 Å². The van der Waals surface area contributed by atoms with Gasteiger partial charge in [-0.2, -0.15) is 0 Å². The fraction of sp³-hybridized carbons (Fsp3) is 0.222. The Labute approximate surface area is 144 Å². The van der Waals surface area contributed by atoms with Gasteiger partial charge in [-0.25, -0.2) is 9.97 Å². The van der Waals surface area contributed by atoms with Crippen LogP contribution in [0.5, 0.6) is 0 Å². The van der Waals surface area contributed by atoms with Crippen LogP contribution in [0.3, 0.4) is 0 Å². The van der Waals surface area contributed by atoms with Gasteiger partial charge in [0.25, 0.3) is 0 Å². The zero-order valence-corrected chi connectivity index (χ0v) is 14.8. The van der Waals surface area contributed by atoms with E-state index in [-0.39, 0.29) is 0 Å². The average Bonchev–Trinajstić information content (AvgIpc) is 2.55. The number of hydrogen-bond donors (Lipinski definition) is 1. The van der Waals surface area contributed by atoms with Crippen LogP contribution in [0.2, 0.25) is 0 Å². The molecule has 0 fully saturated rings. The molecular formula is C18H19BrN4. The highest BCUT2D eigenvalue weighted by Crippen LogP contribution is 2.27. The Morgan fingerprint density at radius 3 is 2.57 bits per heavy atom. The van der Waals surface area contributed by atoms with Crippen molar-refractivity contribution >= 4 is 32.7 Å².